The van der Waals surface area contributed by atoms with Crippen LogP contribution in [0.5, 0.6) is 0 Å². The molecule has 0 aromatic heterocycles. The van der Waals surface area contributed by atoms with E-state index in [9.17, 15) is 4.79 Å². The van der Waals surface area contributed by atoms with Crippen LogP contribution in [0.3, 0.4) is 0 Å². The molecule has 0 saturated carbocycles. The van der Waals surface area contributed by atoms with E-state index < -0.39 is 0 Å². The Morgan fingerprint density at radius 2 is 1.60 bits per heavy atom. The molecule has 0 N–H and O–H groups in total. The number of carbonyl (C=O) groups is 1. The summed E-state index contributed by atoms with van der Waals surface area (Å²) in [7, 11) is 4.08. The summed E-state index contributed by atoms with van der Waals surface area (Å²) in [5.41, 5.74) is 2.50. The lowest BCUT2D eigenvalue weighted by molar-refractivity contribution is 0.0970. The molecule has 2 atom stereocenters. The quantitative estimate of drug-likeness (QED) is 0.744. The largest absolute Gasteiger partial charge is 0.323 e. The molecule has 2 aliphatic rings. The number of rotatable bonds is 4. The second-order valence-electron chi connectivity index (χ2n) is 8.49. The van der Waals surface area contributed by atoms with Crippen LogP contribution in [0.2, 0.25) is 5.02 Å². The Bertz CT molecular complexity index is 836. The van der Waals surface area contributed by atoms with Crippen LogP contribution < -0.4 is 0 Å². The minimum atomic E-state index is 0.165. The van der Waals surface area contributed by atoms with E-state index in [-0.39, 0.29) is 12.1 Å². The zero-order valence-corrected chi connectivity index (χ0v) is 18.6. The van der Waals surface area contributed by atoms with Crippen LogP contribution in [0, 0.1) is 0 Å². The minimum absolute atomic E-state index is 0.165. The van der Waals surface area contributed by atoms with Crippen molar-refractivity contribution in [3.05, 3.63) is 70.7 Å². The lowest BCUT2D eigenvalue weighted by atomic mass is 9.96. The summed E-state index contributed by atoms with van der Waals surface area (Å²) in [6.07, 6.45) is 1.06. The molecule has 2 heterocycles. The van der Waals surface area contributed by atoms with E-state index in [4.69, 9.17) is 11.6 Å². The highest BCUT2D eigenvalue weighted by atomic mass is 35.5. The summed E-state index contributed by atoms with van der Waals surface area (Å²) in [6, 6.07) is 19.4. The third kappa shape index (κ3) is 4.64. The van der Waals surface area contributed by atoms with Gasteiger partial charge in [-0.15, -0.1) is 0 Å². The molecule has 4 rings (SSSR count). The Hall–Kier alpha value is -2.08. The number of likely N-dealkylation sites (tertiary alicyclic amines) is 1. The van der Waals surface area contributed by atoms with Gasteiger partial charge in [0.1, 0.15) is 0 Å². The summed E-state index contributed by atoms with van der Waals surface area (Å²) >= 11 is 6.13. The predicted octanol–water partition coefficient (Wildman–Crippen LogP) is 3.80. The summed E-state index contributed by atoms with van der Waals surface area (Å²) in [5.74, 6) is 0. The lowest BCUT2D eigenvalue weighted by Crippen LogP contribution is -2.54. The number of hydrogen-bond donors (Lipinski definition) is 0. The smallest absolute Gasteiger partial charge is 0.320 e. The maximum absolute atomic E-state index is 13.0. The van der Waals surface area contributed by atoms with Gasteiger partial charge in [-0.3, -0.25) is 4.90 Å². The number of carbonyl (C=O) groups excluding carboxylic acids is 1. The van der Waals surface area contributed by atoms with Gasteiger partial charge in [0, 0.05) is 50.8 Å². The van der Waals surface area contributed by atoms with Gasteiger partial charge in [0.25, 0.3) is 0 Å². The molecule has 0 bridgehead atoms. The molecule has 2 fully saturated rings. The standard InChI is InChI=1S/C24H31ClN4O/c1-26-13-12-22(18-26)27(2)24(30)29-16-14-28(15-17-29)23(19-6-4-3-5-7-19)20-8-10-21(25)11-9-20/h3-11,22-23H,12-18H2,1-2H3. The van der Waals surface area contributed by atoms with Gasteiger partial charge in [0.2, 0.25) is 0 Å². The molecule has 6 heteroatoms. The van der Waals surface area contributed by atoms with Crippen molar-refractivity contribution in [2.45, 2.75) is 18.5 Å². The molecule has 2 aromatic rings. The van der Waals surface area contributed by atoms with Crippen LogP contribution in [-0.2, 0) is 0 Å². The van der Waals surface area contributed by atoms with Crippen LogP contribution in [0.1, 0.15) is 23.6 Å². The van der Waals surface area contributed by atoms with E-state index in [1.54, 1.807) is 0 Å². The van der Waals surface area contributed by atoms with Gasteiger partial charge < -0.3 is 14.7 Å². The Morgan fingerprint density at radius 1 is 0.967 bits per heavy atom. The summed E-state index contributed by atoms with van der Waals surface area (Å²) in [4.78, 5) is 21.8. The number of piperazine rings is 1. The maximum atomic E-state index is 13.0. The molecule has 2 aromatic carbocycles. The second kappa shape index (κ2) is 9.38. The van der Waals surface area contributed by atoms with Crippen molar-refractivity contribution < 1.29 is 4.79 Å². The van der Waals surface area contributed by atoms with Gasteiger partial charge in [0.15, 0.2) is 0 Å². The number of amides is 2. The van der Waals surface area contributed by atoms with Crippen molar-refractivity contribution in [2.24, 2.45) is 0 Å². The van der Waals surface area contributed by atoms with E-state index in [1.807, 2.05) is 29.0 Å². The normalized spacial score (nSPS) is 21.6. The molecule has 160 valence electrons. The van der Waals surface area contributed by atoms with Crippen LogP contribution >= 0.6 is 11.6 Å². The Labute approximate surface area is 184 Å². The van der Waals surface area contributed by atoms with E-state index in [0.29, 0.717) is 6.04 Å². The van der Waals surface area contributed by atoms with E-state index in [2.05, 4.69) is 59.3 Å². The molecule has 2 unspecified atom stereocenters. The second-order valence-corrected chi connectivity index (χ2v) is 8.92. The molecule has 2 saturated heterocycles. The highest BCUT2D eigenvalue weighted by Crippen LogP contribution is 2.30. The number of urea groups is 1. The fourth-order valence-corrected chi connectivity index (χ4v) is 4.80. The van der Waals surface area contributed by atoms with Crippen LogP contribution in [0.4, 0.5) is 4.79 Å². The fourth-order valence-electron chi connectivity index (χ4n) is 4.67. The number of halogens is 1. The first-order valence-corrected chi connectivity index (χ1v) is 11.2. The van der Waals surface area contributed by atoms with Crippen molar-refractivity contribution in [1.29, 1.82) is 0 Å². The highest BCUT2D eigenvalue weighted by Gasteiger charge is 2.32. The van der Waals surface area contributed by atoms with Gasteiger partial charge in [-0.05, 0) is 43.3 Å². The zero-order chi connectivity index (χ0) is 21.1. The summed E-state index contributed by atoms with van der Waals surface area (Å²) in [6.45, 7) is 5.24. The molecule has 0 spiro atoms. The predicted molar refractivity (Wildman–Crippen MR) is 122 cm³/mol. The Kier molecular flexibility index (Phi) is 6.61. The summed E-state index contributed by atoms with van der Waals surface area (Å²) in [5, 5.41) is 0.751. The lowest BCUT2D eigenvalue weighted by Gasteiger charge is -2.41. The molecular weight excluding hydrogens is 396 g/mol. The fraction of sp³-hybridized carbons (Fsp3) is 0.458. The van der Waals surface area contributed by atoms with E-state index in [0.717, 1.165) is 50.7 Å². The number of benzene rings is 2. The topological polar surface area (TPSA) is 30.0 Å². The van der Waals surface area contributed by atoms with Crippen molar-refractivity contribution in [2.75, 3.05) is 53.4 Å². The van der Waals surface area contributed by atoms with Crippen molar-refractivity contribution in [1.82, 2.24) is 19.6 Å². The van der Waals surface area contributed by atoms with Gasteiger partial charge in [-0.1, -0.05) is 54.1 Å². The SMILES string of the molecule is CN1CCC(N(C)C(=O)N2CCN(C(c3ccccc3)c3ccc(Cl)cc3)CC2)C1. The van der Waals surface area contributed by atoms with E-state index >= 15 is 0 Å². The molecule has 0 aliphatic carbocycles. The third-order valence-corrected chi connectivity index (χ3v) is 6.72. The van der Waals surface area contributed by atoms with Crippen LogP contribution in [-0.4, -0.2) is 85.0 Å². The van der Waals surface area contributed by atoms with Crippen LogP contribution in [0.25, 0.3) is 0 Å². The van der Waals surface area contributed by atoms with Crippen molar-refractivity contribution in [3.8, 4) is 0 Å². The monoisotopic (exact) mass is 426 g/mol. The Balaban J connectivity index is 1.45. The van der Waals surface area contributed by atoms with E-state index in [1.165, 1.54) is 11.1 Å². The molecule has 5 nitrogen and oxygen atoms in total. The molecular formula is C24H31ClN4O. The first-order chi connectivity index (χ1) is 14.5. The number of likely N-dealkylation sites (N-methyl/N-ethyl adjacent to an activating group) is 2. The number of nitrogens with zero attached hydrogens (tertiary/aromatic N) is 4. The average molecular weight is 427 g/mol. The molecule has 0 radical (unpaired) electrons. The number of hydrogen-bond acceptors (Lipinski definition) is 3. The van der Waals surface area contributed by atoms with Crippen LogP contribution in [0.15, 0.2) is 54.6 Å². The van der Waals surface area contributed by atoms with Gasteiger partial charge in [-0.2, -0.15) is 0 Å². The zero-order valence-electron chi connectivity index (χ0n) is 17.9. The van der Waals surface area contributed by atoms with Crippen molar-refractivity contribution >= 4 is 17.6 Å². The van der Waals surface area contributed by atoms with Crippen molar-refractivity contribution in [3.63, 3.8) is 0 Å². The van der Waals surface area contributed by atoms with Gasteiger partial charge in [-0.25, -0.2) is 4.79 Å². The first kappa shape index (κ1) is 21.2. The molecule has 2 aliphatic heterocycles. The van der Waals surface area contributed by atoms with Gasteiger partial charge >= 0.3 is 6.03 Å². The summed E-state index contributed by atoms with van der Waals surface area (Å²) < 4.78 is 0. The molecule has 2 amide bonds. The highest BCUT2D eigenvalue weighted by molar-refractivity contribution is 6.30. The maximum Gasteiger partial charge on any atom is 0.320 e. The average Bonchev–Trinajstić information content (AvgIpc) is 3.22. The first-order valence-electron chi connectivity index (χ1n) is 10.8. The molecule has 30 heavy (non-hydrogen) atoms. The Morgan fingerprint density at radius 3 is 2.20 bits per heavy atom. The minimum Gasteiger partial charge on any atom is -0.323 e. The third-order valence-electron chi connectivity index (χ3n) is 6.47. The van der Waals surface area contributed by atoms with Gasteiger partial charge in [0.05, 0.1) is 6.04 Å².